The van der Waals surface area contributed by atoms with Crippen molar-refractivity contribution in [1.82, 2.24) is 19.5 Å². The van der Waals surface area contributed by atoms with Crippen LogP contribution in [0.4, 0.5) is 0 Å². The molecular formula is C22H26N4O6. The molecule has 0 fully saturated rings. The number of H-pyrrole nitrogens is 1. The third-order valence-electron chi connectivity index (χ3n) is 5.22. The number of hydrogen-bond acceptors (Lipinski definition) is 8. The van der Waals surface area contributed by atoms with Crippen molar-refractivity contribution in [2.24, 2.45) is 0 Å². The molecule has 0 saturated heterocycles. The van der Waals surface area contributed by atoms with Gasteiger partial charge < -0.3 is 14.0 Å². The number of aromatic amines is 1. The summed E-state index contributed by atoms with van der Waals surface area (Å²) in [4.78, 5) is 57.0. The zero-order valence-electron chi connectivity index (χ0n) is 18.4. The van der Waals surface area contributed by atoms with E-state index in [-0.39, 0.29) is 24.7 Å². The largest absolute Gasteiger partial charge is 0.428 e. The lowest BCUT2D eigenvalue weighted by atomic mass is 10.1. The van der Waals surface area contributed by atoms with E-state index < -0.39 is 23.2 Å². The number of nitrogens with one attached hydrogen (secondary N) is 1. The zero-order valence-corrected chi connectivity index (χ0v) is 18.4. The number of carbonyl (C=O) groups is 2. The van der Waals surface area contributed by atoms with Crippen molar-refractivity contribution in [3.63, 3.8) is 0 Å². The van der Waals surface area contributed by atoms with Gasteiger partial charge in [0.15, 0.2) is 11.5 Å². The molecule has 0 spiro atoms. The number of esters is 2. The topological polar surface area (TPSA) is 133 Å². The summed E-state index contributed by atoms with van der Waals surface area (Å²) in [6.07, 6.45) is 3.26. The van der Waals surface area contributed by atoms with E-state index in [1.165, 1.54) is 6.92 Å². The third kappa shape index (κ3) is 5.57. The molecule has 170 valence electrons. The minimum absolute atomic E-state index is 0.135. The molecule has 0 radical (unpaired) electrons. The van der Waals surface area contributed by atoms with E-state index in [4.69, 9.17) is 4.74 Å². The van der Waals surface area contributed by atoms with Crippen LogP contribution in [-0.2, 0) is 25.6 Å². The van der Waals surface area contributed by atoms with Gasteiger partial charge in [0, 0.05) is 19.9 Å². The van der Waals surface area contributed by atoms with E-state index in [0.717, 1.165) is 35.9 Å². The molecule has 0 bridgehead atoms. The Bertz CT molecular complexity index is 1230. The van der Waals surface area contributed by atoms with Crippen molar-refractivity contribution in [2.45, 2.75) is 59.4 Å². The van der Waals surface area contributed by atoms with Gasteiger partial charge in [-0.1, -0.05) is 12.8 Å². The summed E-state index contributed by atoms with van der Waals surface area (Å²) in [7, 11) is 0. The van der Waals surface area contributed by atoms with Gasteiger partial charge in [-0.25, -0.2) is 9.78 Å². The summed E-state index contributed by atoms with van der Waals surface area (Å²) >= 11 is 0. The van der Waals surface area contributed by atoms with Crippen molar-refractivity contribution in [3.8, 4) is 11.5 Å². The lowest BCUT2D eigenvalue weighted by molar-refractivity contribution is -0.165. The second-order valence-corrected chi connectivity index (χ2v) is 7.67. The predicted molar refractivity (Wildman–Crippen MR) is 116 cm³/mol. The molecule has 0 aromatic heterocycles. The van der Waals surface area contributed by atoms with Gasteiger partial charge in [-0.05, 0) is 49.9 Å². The lowest BCUT2D eigenvalue weighted by Crippen LogP contribution is -2.29. The van der Waals surface area contributed by atoms with Crippen LogP contribution in [0.3, 0.4) is 0 Å². The molecule has 3 rings (SSSR count). The van der Waals surface area contributed by atoms with Crippen molar-refractivity contribution in [2.75, 3.05) is 6.79 Å². The molecule has 1 aromatic rings. The van der Waals surface area contributed by atoms with E-state index in [1.54, 1.807) is 0 Å². The maximum atomic E-state index is 12.3. The molecule has 10 heteroatoms. The number of benzene rings is 1. The number of aromatic nitrogens is 4. The number of ether oxygens (including phenoxy) is 2. The molecule has 0 aliphatic carbocycles. The second kappa shape index (κ2) is 10.2. The third-order valence-corrected chi connectivity index (χ3v) is 5.22. The fraction of sp³-hybridized carbons (Fsp3) is 0.455. The van der Waals surface area contributed by atoms with Crippen molar-refractivity contribution in [3.05, 3.63) is 44.1 Å². The van der Waals surface area contributed by atoms with E-state index >= 15 is 0 Å². The molecule has 0 amide bonds. The Labute approximate surface area is 183 Å². The summed E-state index contributed by atoms with van der Waals surface area (Å²) in [5, 5.41) is 0. The summed E-state index contributed by atoms with van der Waals surface area (Å²) in [5.74, 6) is -0.648. The smallest absolute Gasteiger partial charge is 0.349 e. The van der Waals surface area contributed by atoms with E-state index in [2.05, 4.69) is 19.7 Å². The maximum Gasteiger partial charge on any atom is 0.349 e. The average Bonchev–Trinajstić information content (AvgIpc) is 2.71. The molecule has 2 aliphatic heterocycles. The van der Waals surface area contributed by atoms with Crippen LogP contribution in [0.25, 0.3) is 22.6 Å². The van der Waals surface area contributed by atoms with E-state index in [0.29, 0.717) is 18.5 Å². The van der Waals surface area contributed by atoms with Gasteiger partial charge in [0.2, 0.25) is 6.79 Å². The Balaban J connectivity index is 1.68. The highest BCUT2D eigenvalue weighted by molar-refractivity contribution is 5.81. The Kier molecular flexibility index (Phi) is 7.34. The number of rotatable bonds is 9. The standard InChI is InChI=1S/C22H26N4O6/c1-13-10-16-17(11-14(13)2)26(20-19(23-16)21(29)25-22(30)24-20)9-7-5-4-6-8-18(28)32-12-31-15(3)27/h10-11H,4-9,12H2,1-3H3,(H,25,29,30). The number of hydrogen-bond donors (Lipinski definition) is 1. The number of fused-ring (bicyclic) bond motifs is 2. The van der Waals surface area contributed by atoms with Crippen molar-refractivity contribution >= 4 is 23.0 Å². The second-order valence-electron chi connectivity index (χ2n) is 7.67. The minimum atomic E-state index is -0.700. The average molecular weight is 442 g/mol. The van der Waals surface area contributed by atoms with Gasteiger partial charge in [0.25, 0.3) is 5.56 Å². The van der Waals surface area contributed by atoms with Gasteiger partial charge in [-0.2, -0.15) is 4.98 Å². The number of carbonyl (C=O) groups excluding carboxylic acids is 2. The Morgan fingerprint density at radius 1 is 1.00 bits per heavy atom. The molecule has 0 unspecified atom stereocenters. The highest BCUT2D eigenvalue weighted by atomic mass is 16.7. The first kappa shape index (κ1) is 23.1. The molecule has 0 atom stereocenters. The molecule has 1 aromatic carbocycles. The van der Waals surface area contributed by atoms with Gasteiger partial charge in [0.1, 0.15) is 0 Å². The van der Waals surface area contributed by atoms with Gasteiger partial charge in [-0.15, -0.1) is 0 Å². The minimum Gasteiger partial charge on any atom is -0.428 e. The fourth-order valence-electron chi connectivity index (χ4n) is 3.42. The lowest BCUT2D eigenvalue weighted by Gasteiger charge is -2.17. The van der Waals surface area contributed by atoms with Gasteiger partial charge in [-0.3, -0.25) is 19.4 Å². The SMILES string of the molecule is CC(=O)OCOC(=O)CCCCCCn1c2nc(=O)[nH]c(=O)c-2nc2cc(C)c(C)cc21. The number of aryl methyl sites for hydroxylation is 3. The first-order valence-corrected chi connectivity index (χ1v) is 10.5. The molecule has 2 heterocycles. The summed E-state index contributed by atoms with van der Waals surface area (Å²) in [6, 6.07) is 3.91. The van der Waals surface area contributed by atoms with Crippen LogP contribution in [0.2, 0.25) is 0 Å². The van der Waals surface area contributed by atoms with Crippen molar-refractivity contribution in [1.29, 1.82) is 0 Å². The molecule has 0 saturated carbocycles. The normalized spacial score (nSPS) is 11.1. The molecule has 1 N–H and O–H groups in total. The molecule has 2 aliphatic rings. The zero-order chi connectivity index (χ0) is 23.3. The number of unbranched alkanes of at least 4 members (excludes halogenated alkanes) is 3. The Hall–Kier alpha value is -3.56. The molecule has 10 nitrogen and oxygen atoms in total. The fourth-order valence-corrected chi connectivity index (χ4v) is 3.42. The summed E-state index contributed by atoms with van der Waals surface area (Å²) in [6.45, 7) is 5.40. The van der Waals surface area contributed by atoms with Crippen molar-refractivity contribution < 1.29 is 19.1 Å². The van der Waals surface area contributed by atoms with E-state index in [1.807, 2.05) is 30.5 Å². The van der Waals surface area contributed by atoms with Crippen LogP contribution >= 0.6 is 0 Å². The van der Waals surface area contributed by atoms with Crippen LogP contribution in [0, 0.1) is 13.8 Å². The quantitative estimate of drug-likeness (QED) is 0.231. The summed E-state index contributed by atoms with van der Waals surface area (Å²) in [5.41, 5.74) is 2.49. The highest BCUT2D eigenvalue weighted by Gasteiger charge is 2.19. The van der Waals surface area contributed by atoms with Crippen LogP contribution in [0.1, 0.15) is 50.2 Å². The first-order chi connectivity index (χ1) is 15.3. The van der Waals surface area contributed by atoms with E-state index in [9.17, 15) is 19.2 Å². The monoisotopic (exact) mass is 442 g/mol. The molecule has 32 heavy (non-hydrogen) atoms. The van der Waals surface area contributed by atoms with Crippen LogP contribution < -0.4 is 11.2 Å². The predicted octanol–water partition coefficient (Wildman–Crippen LogP) is 2.22. The van der Waals surface area contributed by atoms with Crippen LogP contribution in [0.5, 0.6) is 0 Å². The Morgan fingerprint density at radius 3 is 2.47 bits per heavy atom. The van der Waals surface area contributed by atoms with Gasteiger partial charge >= 0.3 is 17.6 Å². The Morgan fingerprint density at radius 2 is 1.72 bits per heavy atom. The molecular weight excluding hydrogens is 416 g/mol. The summed E-state index contributed by atoms with van der Waals surface area (Å²) < 4.78 is 11.2. The highest BCUT2D eigenvalue weighted by Crippen LogP contribution is 2.24. The number of nitrogens with zero attached hydrogens (tertiary/aromatic N) is 3. The first-order valence-electron chi connectivity index (χ1n) is 10.5. The van der Waals surface area contributed by atoms with Gasteiger partial charge in [0.05, 0.1) is 11.0 Å². The van der Waals surface area contributed by atoms with Crippen LogP contribution in [0.15, 0.2) is 21.7 Å². The van der Waals surface area contributed by atoms with Crippen LogP contribution in [-0.4, -0.2) is 38.3 Å². The maximum absolute atomic E-state index is 12.3.